The van der Waals surface area contributed by atoms with Crippen LogP contribution in [-0.2, 0) is 23.8 Å². The molecule has 5 rings (SSSR count). The molecule has 2 heterocycles. The predicted octanol–water partition coefficient (Wildman–Crippen LogP) is 0.446. The molecule has 0 unspecified atom stereocenters. The second-order valence-corrected chi connectivity index (χ2v) is 11.4. The Kier molecular flexibility index (Phi) is 5.19. The minimum Gasteiger partial charge on any atom is -0.458 e. The number of carbonyl (C=O) groups is 2. The first-order chi connectivity index (χ1) is 15.8. The molecule has 34 heavy (non-hydrogen) atoms. The molecule has 0 aromatic rings. The van der Waals surface area contributed by atoms with Crippen molar-refractivity contribution in [3.63, 3.8) is 0 Å². The maximum absolute atomic E-state index is 12.8. The average molecular weight is 479 g/mol. The topological polar surface area (TPSA) is 143 Å². The molecule has 3 aliphatic carbocycles. The summed E-state index contributed by atoms with van der Waals surface area (Å²) in [7, 11) is 0. The molecule has 0 aromatic carbocycles. The van der Waals surface area contributed by atoms with Crippen molar-refractivity contribution in [2.45, 2.75) is 77.3 Å². The molecule has 4 fully saturated rings. The molecule has 0 radical (unpaired) electrons. The van der Waals surface area contributed by atoms with Crippen LogP contribution in [-0.4, -0.2) is 75.3 Å². The Hall–Kier alpha value is -1.78. The van der Waals surface area contributed by atoms with E-state index >= 15 is 0 Å². The standard InChI is InChI=1S/C25H34O9/c1-10(2)6-15(27)33-18-17-11(3)7-14(26)20(30)23(17,5)22-24-9-32-25(22,31)19(29)12(4)13(24)8-16(28)34-21(18)24/h6-7,12-14,17-22,26,29-31H,8-9H2,1-5H3/t12-,13+,14+,17-,18-,19-,20-,21-,22-,23-,24-,25+/m1/s1. The number of hydrogen-bond donors (Lipinski definition) is 4. The first kappa shape index (κ1) is 23.9. The van der Waals surface area contributed by atoms with Gasteiger partial charge in [0.15, 0.2) is 5.79 Å². The van der Waals surface area contributed by atoms with Crippen molar-refractivity contribution in [3.05, 3.63) is 23.3 Å². The van der Waals surface area contributed by atoms with E-state index in [1.165, 1.54) is 12.2 Å². The molecule has 0 amide bonds. The van der Waals surface area contributed by atoms with E-state index in [1.54, 1.807) is 34.6 Å². The minimum absolute atomic E-state index is 0.00746. The van der Waals surface area contributed by atoms with Crippen LogP contribution in [0.3, 0.4) is 0 Å². The number of hydrogen-bond acceptors (Lipinski definition) is 9. The van der Waals surface area contributed by atoms with Gasteiger partial charge in [-0.15, -0.1) is 0 Å². The lowest BCUT2D eigenvalue weighted by Crippen LogP contribution is -2.79. The Morgan fingerprint density at radius 3 is 2.56 bits per heavy atom. The van der Waals surface area contributed by atoms with Crippen LogP contribution in [0.2, 0.25) is 0 Å². The summed E-state index contributed by atoms with van der Waals surface area (Å²) in [5.41, 5.74) is -0.920. The Balaban J connectivity index is 1.77. The third kappa shape index (κ3) is 2.73. The normalized spacial score (nSPS) is 53.1. The second-order valence-electron chi connectivity index (χ2n) is 11.4. The molecule has 188 valence electrons. The van der Waals surface area contributed by atoms with E-state index in [0.717, 1.165) is 5.57 Å². The molecule has 0 aromatic heterocycles. The lowest BCUT2D eigenvalue weighted by Gasteiger charge is -2.69. The largest absolute Gasteiger partial charge is 0.458 e. The van der Waals surface area contributed by atoms with Gasteiger partial charge in [-0.3, -0.25) is 4.79 Å². The van der Waals surface area contributed by atoms with Crippen molar-refractivity contribution < 1.29 is 44.2 Å². The first-order valence-corrected chi connectivity index (χ1v) is 11.9. The Morgan fingerprint density at radius 1 is 1.24 bits per heavy atom. The van der Waals surface area contributed by atoms with E-state index in [9.17, 15) is 30.0 Å². The van der Waals surface area contributed by atoms with E-state index in [1.807, 2.05) is 0 Å². The zero-order chi connectivity index (χ0) is 25.0. The maximum atomic E-state index is 12.8. The summed E-state index contributed by atoms with van der Waals surface area (Å²) >= 11 is 0. The van der Waals surface area contributed by atoms with Gasteiger partial charge in [0, 0.05) is 35.2 Å². The zero-order valence-electron chi connectivity index (χ0n) is 20.1. The Morgan fingerprint density at radius 2 is 1.91 bits per heavy atom. The van der Waals surface area contributed by atoms with Crippen LogP contribution in [0.5, 0.6) is 0 Å². The highest BCUT2D eigenvalue weighted by atomic mass is 16.7. The van der Waals surface area contributed by atoms with Gasteiger partial charge in [0.05, 0.1) is 18.8 Å². The van der Waals surface area contributed by atoms with Gasteiger partial charge in [0.2, 0.25) is 0 Å². The zero-order valence-corrected chi connectivity index (χ0v) is 20.1. The van der Waals surface area contributed by atoms with E-state index < -0.39 is 82.7 Å². The van der Waals surface area contributed by atoms with Crippen LogP contribution in [0, 0.1) is 34.5 Å². The summed E-state index contributed by atoms with van der Waals surface area (Å²) in [6, 6.07) is 0. The molecule has 9 heteroatoms. The molecule has 2 saturated heterocycles. The molecular weight excluding hydrogens is 444 g/mol. The monoisotopic (exact) mass is 478 g/mol. The number of carbonyl (C=O) groups excluding carboxylic acids is 2. The summed E-state index contributed by atoms with van der Waals surface area (Å²) in [6.45, 7) is 8.75. The van der Waals surface area contributed by atoms with Crippen LogP contribution in [0.25, 0.3) is 0 Å². The molecule has 2 saturated carbocycles. The maximum Gasteiger partial charge on any atom is 0.331 e. The van der Waals surface area contributed by atoms with E-state index in [0.29, 0.717) is 5.57 Å². The van der Waals surface area contributed by atoms with Gasteiger partial charge in [-0.05, 0) is 32.6 Å². The molecule has 9 nitrogen and oxygen atoms in total. The third-order valence-electron chi connectivity index (χ3n) is 9.39. The molecule has 2 bridgehead atoms. The molecule has 4 N–H and O–H groups in total. The molecule has 5 aliphatic rings. The second kappa shape index (κ2) is 7.36. The van der Waals surface area contributed by atoms with Gasteiger partial charge in [0.1, 0.15) is 18.3 Å². The predicted molar refractivity (Wildman–Crippen MR) is 117 cm³/mol. The lowest BCUT2D eigenvalue weighted by atomic mass is 9.37. The summed E-state index contributed by atoms with van der Waals surface area (Å²) in [5.74, 6) is -5.66. The van der Waals surface area contributed by atoms with Crippen molar-refractivity contribution in [3.8, 4) is 0 Å². The van der Waals surface area contributed by atoms with Gasteiger partial charge in [0.25, 0.3) is 0 Å². The SMILES string of the molecule is CC(C)=CC(=O)O[C@@H]1[C@H]2C(C)=C[C@H](O)[C@@H](O)[C@]2(C)[C@H]2[C@@]3(O)OC[C@@]24[C@@H]1OC(=O)C[C@H]4[C@@H](C)[C@H]3O. The number of aliphatic hydroxyl groups is 4. The molecule has 1 spiro atoms. The number of allylic oxidation sites excluding steroid dienone is 1. The van der Waals surface area contributed by atoms with E-state index in [2.05, 4.69) is 0 Å². The number of fused-ring (bicyclic) bond motifs is 1. The van der Waals surface area contributed by atoms with Gasteiger partial charge >= 0.3 is 11.9 Å². The van der Waals surface area contributed by atoms with Gasteiger partial charge in [-0.2, -0.15) is 0 Å². The van der Waals surface area contributed by atoms with Crippen LogP contribution in [0.15, 0.2) is 23.3 Å². The number of aliphatic hydroxyl groups excluding tert-OH is 3. The summed E-state index contributed by atoms with van der Waals surface area (Å²) in [5, 5.41) is 45.2. The number of ether oxygens (including phenoxy) is 3. The van der Waals surface area contributed by atoms with E-state index in [4.69, 9.17) is 14.2 Å². The fraction of sp³-hybridized carbons (Fsp3) is 0.760. The Labute approximate surface area is 198 Å². The van der Waals surface area contributed by atoms with Crippen LogP contribution < -0.4 is 0 Å². The molecular formula is C25H34O9. The first-order valence-electron chi connectivity index (χ1n) is 11.9. The van der Waals surface area contributed by atoms with Crippen molar-refractivity contribution in [2.75, 3.05) is 6.61 Å². The molecule has 2 aliphatic heterocycles. The van der Waals surface area contributed by atoms with Crippen LogP contribution >= 0.6 is 0 Å². The van der Waals surface area contributed by atoms with Gasteiger partial charge in [-0.25, -0.2) is 4.79 Å². The average Bonchev–Trinajstić information content (AvgIpc) is 3.02. The minimum atomic E-state index is -2.03. The smallest absolute Gasteiger partial charge is 0.331 e. The highest BCUT2D eigenvalue weighted by molar-refractivity contribution is 5.83. The Bertz CT molecular complexity index is 985. The van der Waals surface area contributed by atoms with Crippen molar-refractivity contribution in [1.29, 1.82) is 0 Å². The van der Waals surface area contributed by atoms with E-state index in [-0.39, 0.29) is 13.0 Å². The van der Waals surface area contributed by atoms with Crippen molar-refractivity contribution >= 4 is 11.9 Å². The summed E-state index contributed by atoms with van der Waals surface area (Å²) < 4.78 is 17.9. The lowest BCUT2D eigenvalue weighted by molar-refractivity contribution is -0.350. The highest BCUT2D eigenvalue weighted by Crippen LogP contribution is 2.74. The third-order valence-corrected chi connectivity index (χ3v) is 9.39. The summed E-state index contributed by atoms with van der Waals surface area (Å²) in [4.78, 5) is 25.7. The van der Waals surface area contributed by atoms with Crippen molar-refractivity contribution in [2.24, 2.45) is 34.5 Å². The number of rotatable bonds is 2. The fourth-order valence-electron chi connectivity index (χ4n) is 8.34. The fourth-order valence-corrected chi connectivity index (χ4v) is 8.34. The number of esters is 2. The van der Waals surface area contributed by atoms with Gasteiger partial charge in [-0.1, -0.05) is 31.1 Å². The van der Waals surface area contributed by atoms with Crippen molar-refractivity contribution in [1.82, 2.24) is 0 Å². The quantitative estimate of drug-likeness (QED) is 0.253. The highest BCUT2D eigenvalue weighted by Gasteiger charge is 2.84. The van der Waals surface area contributed by atoms with Crippen LogP contribution in [0.1, 0.15) is 41.0 Å². The molecule has 12 atom stereocenters. The summed E-state index contributed by atoms with van der Waals surface area (Å²) in [6.07, 6.45) is -2.96. The van der Waals surface area contributed by atoms with Crippen LogP contribution in [0.4, 0.5) is 0 Å². The van der Waals surface area contributed by atoms with Gasteiger partial charge < -0.3 is 34.6 Å².